The molecule has 2 N–H and O–H groups in total. The fourth-order valence-electron chi connectivity index (χ4n) is 2.21. The summed E-state index contributed by atoms with van der Waals surface area (Å²) in [4.78, 5) is 33.1. The van der Waals surface area contributed by atoms with Crippen LogP contribution >= 0.6 is 23.1 Å². The summed E-state index contributed by atoms with van der Waals surface area (Å²) in [5, 5.41) is 7.01. The highest BCUT2D eigenvalue weighted by atomic mass is 32.2. The van der Waals surface area contributed by atoms with Crippen LogP contribution in [-0.4, -0.2) is 26.8 Å². The SMILES string of the molecule is Cc1cc(NC(=O)CSCc2nc3sc(C)c(C)c3c(=O)[nH]2)no1. The van der Waals surface area contributed by atoms with Crippen molar-refractivity contribution in [3.05, 3.63) is 38.4 Å². The van der Waals surface area contributed by atoms with Gasteiger partial charge in [-0.1, -0.05) is 5.16 Å². The second-order valence-electron chi connectivity index (χ2n) is 5.34. The van der Waals surface area contributed by atoms with Gasteiger partial charge >= 0.3 is 0 Å². The molecule has 3 heterocycles. The third-order valence-electron chi connectivity index (χ3n) is 3.46. The van der Waals surface area contributed by atoms with E-state index >= 15 is 0 Å². The Morgan fingerprint density at radius 3 is 2.92 bits per heavy atom. The molecule has 0 aliphatic rings. The standard InChI is InChI=1S/C15H16N4O3S2/c1-7-4-10(19-22-7)16-12(20)6-23-5-11-17-14(21)13-8(2)9(3)24-15(13)18-11/h4H,5-6H2,1-3H3,(H,16,19,20)(H,17,18,21). The molecule has 0 aliphatic heterocycles. The van der Waals surface area contributed by atoms with E-state index in [0.29, 0.717) is 28.5 Å². The van der Waals surface area contributed by atoms with Gasteiger partial charge in [-0.05, 0) is 26.3 Å². The predicted octanol–water partition coefficient (Wildman–Crippen LogP) is 2.77. The Bertz CT molecular complexity index is 957. The third-order valence-corrected chi connectivity index (χ3v) is 5.50. The first-order valence-corrected chi connectivity index (χ1v) is 9.21. The van der Waals surface area contributed by atoms with Crippen LogP contribution in [0.5, 0.6) is 0 Å². The number of hydrogen-bond acceptors (Lipinski definition) is 7. The lowest BCUT2D eigenvalue weighted by atomic mass is 10.2. The van der Waals surface area contributed by atoms with Crippen molar-refractivity contribution in [2.75, 3.05) is 11.1 Å². The highest BCUT2D eigenvalue weighted by Crippen LogP contribution is 2.26. The highest BCUT2D eigenvalue weighted by Gasteiger charge is 2.12. The van der Waals surface area contributed by atoms with E-state index in [1.165, 1.54) is 23.1 Å². The van der Waals surface area contributed by atoms with Crippen LogP contribution in [0, 0.1) is 20.8 Å². The maximum atomic E-state index is 12.2. The molecule has 3 rings (SSSR count). The fourth-order valence-corrected chi connectivity index (χ4v) is 3.95. The van der Waals surface area contributed by atoms with E-state index in [-0.39, 0.29) is 17.2 Å². The number of nitrogens with zero attached hydrogens (tertiary/aromatic N) is 2. The number of thiophene rings is 1. The van der Waals surface area contributed by atoms with Gasteiger partial charge < -0.3 is 14.8 Å². The van der Waals surface area contributed by atoms with E-state index in [0.717, 1.165) is 15.3 Å². The summed E-state index contributed by atoms with van der Waals surface area (Å²) in [7, 11) is 0. The molecular formula is C15H16N4O3S2. The molecule has 0 fully saturated rings. The van der Waals surface area contributed by atoms with Crippen LogP contribution in [0.3, 0.4) is 0 Å². The Balaban J connectivity index is 1.61. The largest absolute Gasteiger partial charge is 0.360 e. The lowest BCUT2D eigenvalue weighted by Crippen LogP contribution is -2.15. The summed E-state index contributed by atoms with van der Waals surface area (Å²) in [6.07, 6.45) is 0. The molecule has 24 heavy (non-hydrogen) atoms. The van der Waals surface area contributed by atoms with Crippen molar-refractivity contribution in [3.63, 3.8) is 0 Å². The lowest BCUT2D eigenvalue weighted by molar-refractivity contribution is -0.113. The fraction of sp³-hybridized carbons (Fsp3) is 0.333. The van der Waals surface area contributed by atoms with Gasteiger partial charge in [0, 0.05) is 10.9 Å². The number of nitrogens with one attached hydrogen (secondary N) is 2. The number of anilines is 1. The third kappa shape index (κ3) is 3.51. The molecule has 0 atom stereocenters. The Morgan fingerprint density at radius 1 is 1.42 bits per heavy atom. The van der Waals surface area contributed by atoms with E-state index in [9.17, 15) is 9.59 Å². The second-order valence-corrected chi connectivity index (χ2v) is 7.53. The van der Waals surface area contributed by atoms with Crippen molar-refractivity contribution < 1.29 is 9.32 Å². The van der Waals surface area contributed by atoms with Crippen molar-refractivity contribution in [2.24, 2.45) is 0 Å². The number of aryl methyl sites for hydroxylation is 3. The average Bonchev–Trinajstić information content (AvgIpc) is 3.03. The number of thioether (sulfide) groups is 1. The van der Waals surface area contributed by atoms with Gasteiger partial charge in [0.05, 0.1) is 16.9 Å². The average molecular weight is 364 g/mol. The molecule has 0 saturated heterocycles. The molecule has 3 aromatic heterocycles. The normalized spacial score (nSPS) is 11.1. The van der Waals surface area contributed by atoms with Gasteiger partial charge in [0.25, 0.3) is 5.56 Å². The summed E-state index contributed by atoms with van der Waals surface area (Å²) in [6.45, 7) is 5.66. The van der Waals surface area contributed by atoms with Gasteiger partial charge in [-0.2, -0.15) is 0 Å². The minimum Gasteiger partial charge on any atom is -0.360 e. The van der Waals surface area contributed by atoms with Crippen LogP contribution in [0.4, 0.5) is 5.82 Å². The van der Waals surface area contributed by atoms with Crippen molar-refractivity contribution in [2.45, 2.75) is 26.5 Å². The first-order chi connectivity index (χ1) is 11.4. The molecule has 0 saturated carbocycles. The van der Waals surface area contributed by atoms with E-state index in [1.54, 1.807) is 13.0 Å². The molecule has 0 bridgehead atoms. The van der Waals surface area contributed by atoms with Crippen LogP contribution in [-0.2, 0) is 10.5 Å². The smallest absolute Gasteiger partial charge is 0.259 e. The molecule has 1 amide bonds. The Morgan fingerprint density at radius 2 is 2.21 bits per heavy atom. The highest BCUT2D eigenvalue weighted by molar-refractivity contribution is 7.99. The van der Waals surface area contributed by atoms with Gasteiger partial charge in [-0.15, -0.1) is 23.1 Å². The van der Waals surface area contributed by atoms with Crippen LogP contribution in [0.15, 0.2) is 15.4 Å². The van der Waals surface area contributed by atoms with Crippen molar-refractivity contribution in [3.8, 4) is 0 Å². The molecule has 7 nitrogen and oxygen atoms in total. The van der Waals surface area contributed by atoms with Gasteiger partial charge in [0.15, 0.2) is 5.82 Å². The molecule has 0 spiro atoms. The quantitative estimate of drug-likeness (QED) is 0.722. The van der Waals surface area contributed by atoms with E-state index in [1.807, 2.05) is 13.8 Å². The van der Waals surface area contributed by atoms with Gasteiger partial charge in [0.1, 0.15) is 16.4 Å². The number of aromatic nitrogens is 3. The number of hydrogen-bond donors (Lipinski definition) is 2. The molecule has 0 unspecified atom stereocenters. The Labute approximate surface area is 145 Å². The van der Waals surface area contributed by atoms with Crippen molar-refractivity contribution >= 4 is 45.0 Å². The van der Waals surface area contributed by atoms with E-state index in [4.69, 9.17) is 4.52 Å². The molecule has 3 aromatic rings. The monoisotopic (exact) mass is 364 g/mol. The van der Waals surface area contributed by atoms with Crippen molar-refractivity contribution in [1.29, 1.82) is 0 Å². The number of carbonyl (C=O) groups is 1. The molecular weight excluding hydrogens is 348 g/mol. The number of rotatable bonds is 5. The molecule has 9 heteroatoms. The topological polar surface area (TPSA) is 101 Å². The van der Waals surface area contributed by atoms with Gasteiger partial charge in [-0.3, -0.25) is 9.59 Å². The molecule has 0 radical (unpaired) electrons. The first-order valence-electron chi connectivity index (χ1n) is 7.24. The molecule has 0 aliphatic carbocycles. The summed E-state index contributed by atoms with van der Waals surface area (Å²) in [5.41, 5.74) is 0.852. The molecule has 0 aromatic carbocycles. The number of carbonyl (C=O) groups excluding carboxylic acids is 1. The summed E-state index contributed by atoms with van der Waals surface area (Å²) < 4.78 is 4.88. The number of H-pyrrole nitrogens is 1. The van der Waals surface area contributed by atoms with Crippen LogP contribution < -0.4 is 10.9 Å². The zero-order chi connectivity index (χ0) is 17.3. The number of aromatic amines is 1. The predicted molar refractivity (Wildman–Crippen MR) is 95.7 cm³/mol. The van der Waals surface area contributed by atoms with Gasteiger partial charge in [0.2, 0.25) is 5.91 Å². The van der Waals surface area contributed by atoms with Crippen molar-refractivity contribution in [1.82, 2.24) is 15.1 Å². The Hall–Kier alpha value is -2.13. The molecule has 126 valence electrons. The first kappa shape index (κ1) is 16.7. The summed E-state index contributed by atoms with van der Waals surface area (Å²) in [6, 6.07) is 1.65. The van der Waals surface area contributed by atoms with E-state index < -0.39 is 0 Å². The minimum atomic E-state index is -0.181. The zero-order valence-electron chi connectivity index (χ0n) is 13.4. The summed E-state index contributed by atoms with van der Waals surface area (Å²) in [5.74, 6) is 2.11. The number of fused-ring (bicyclic) bond motifs is 1. The van der Waals surface area contributed by atoms with Gasteiger partial charge in [-0.25, -0.2) is 4.98 Å². The van der Waals surface area contributed by atoms with Crippen LogP contribution in [0.25, 0.3) is 10.2 Å². The second kappa shape index (κ2) is 6.78. The van der Waals surface area contributed by atoms with Crippen LogP contribution in [0.2, 0.25) is 0 Å². The number of amides is 1. The maximum Gasteiger partial charge on any atom is 0.259 e. The van der Waals surface area contributed by atoms with E-state index in [2.05, 4.69) is 20.4 Å². The lowest BCUT2D eigenvalue weighted by Gasteiger charge is -2.02. The minimum absolute atomic E-state index is 0.125. The van der Waals surface area contributed by atoms with Crippen LogP contribution in [0.1, 0.15) is 22.0 Å². The zero-order valence-corrected chi connectivity index (χ0v) is 15.1. The Kier molecular flexibility index (Phi) is 4.72. The maximum absolute atomic E-state index is 12.2. The summed E-state index contributed by atoms with van der Waals surface area (Å²) >= 11 is 2.88.